The third kappa shape index (κ3) is 3.09. The Morgan fingerprint density at radius 3 is 1.33 bits per heavy atom. The monoisotopic (exact) mass is 336 g/mol. The molecule has 0 atom stereocenters. The van der Waals surface area contributed by atoms with Gasteiger partial charge < -0.3 is 0 Å². The van der Waals surface area contributed by atoms with Gasteiger partial charge >= 0.3 is 142 Å². The average molecular weight is 336 g/mol. The van der Waals surface area contributed by atoms with Gasteiger partial charge in [0.15, 0.2) is 0 Å². The molecule has 0 aliphatic heterocycles. The molecule has 0 aliphatic carbocycles. The second kappa shape index (κ2) is 7.39. The maximum atomic E-state index is 12.3. The molecule has 0 spiro atoms. The third-order valence-corrected chi connectivity index (χ3v) is 9.19. The van der Waals surface area contributed by atoms with E-state index in [2.05, 4.69) is 41.8 Å². The van der Waals surface area contributed by atoms with Crippen LogP contribution in [-0.2, 0) is 4.79 Å². The van der Waals surface area contributed by atoms with E-state index >= 15 is 0 Å². The molecule has 0 aliphatic rings. The van der Waals surface area contributed by atoms with Crippen molar-refractivity contribution in [2.45, 2.75) is 0 Å². The van der Waals surface area contributed by atoms with E-state index in [1.165, 1.54) is 15.9 Å². The number of rotatable bonds is 5. The molecule has 3 aromatic rings. The van der Waals surface area contributed by atoms with E-state index in [1.807, 2.05) is 54.6 Å². The van der Waals surface area contributed by atoms with Gasteiger partial charge in [0.1, 0.15) is 0 Å². The molecule has 4 heteroatoms. The van der Waals surface area contributed by atoms with Gasteiger partial charge in [0, 0.05) is 0 Å². The molecule has 24 heavy (non-hydrogen) atoms. The molecule has 0 saturated carbocycles. The molecule has 0 radical (unpaired) electrons. The first-order valence-electron chi connectivity index (χ1n) is 7.93. The summed E-state index contributed by atoms with van der Waals surface area (Å²) in [7, 11) is -2.50. The number of amides is 1. The van der Waals surface area contributed by atoms with Crippen LogP contribution in [0.25, 0.3) is 0 Å². The summed E-state index contributed by atoms with van der Waals surface area (Å²) in [5, 5.41) is 3.60. The first-order valence-corrected chi connectivity index (χ1v) is 10.1. The van der Waals surface area contributed by atoms with Crippen molar-refractivity contribution in [2.24, 2.45) is 5.84 Å². The minimum atomic E-state index is -2.50. The first-order chi connectivity index (χ1) is 11.8. The van der Waals surface area contributed by atoms with Gasteiger partial charge in [0.05, 0.1) is 0 Å². The molecule has 3 aromatic carbocycles. The van der Waals surface area contributed by atoms with Crippen molar-refractivity contribution < 1.29 is 4.79 Å². The zero-order valence-electron chi connectivity index (χ0n) is 13.4. The van der Waals surface area contributed by atoms with E-state index in [-0.39, 0.29) is 5.91 Å². The van der Waals surface area contributed by atoms with Gasteiger partial charge in [0.25, 0.3) is 0 Å². The van der Waals surface area contributed by atoms with E-state index < -0.39 is 7.26 Å². The van der Waals surface area contributed by atoms with Crippen molar-refractivity contribution in [1.29, 1.82) is 0 Å². The van der Waals surface area contributed by atoms with E-state index in [0.29, 0.717) is 6.16 Å². The van der Waals surface area contributed by atoms with Crippen molar-refractivity contribution >= 4 is 29.1 Å². The molecule has 3 rings (SSSR count). The van der Waals surface area contributed by atoms with Crippen LogP contribution < -0.4 is 27.2 Å². The van der Waals surface area contributed by atoms with Crippen LogP contribution >= 0.6 is 7.26 Å². The van der Waals surface area contributed by atoms with Crippen LogP contribution in [0.5, 0.6) is 0 Å². The molecule has 0 heterocycles. The number of nitrogens with two attached hydrogens (primary N) is 1. The molecule has 0 saturated heterocycles. The second-order valence-corrected chi connectivity index (χ2v) is 9.64. The summed E-state index contributed by atoms with van der Waals surface area (Å²) in [4.78, 5) is 12.3. The fourth-order valence-corrected chi connectivity index (χ4v) is 7.75. The number of benzene rings is 3. The average Bonchev–Trinajstić information content (AvgIpc) is 2.68. The molecular weight excluding hydrogens is 315 g/mol. The Balaban J connectivity index is 2.30. The number of nitrogens with one attached hydrogen (secondary N) is 1. The number of carbonyl (C=O) groups excluding carboxylic acids is 1. The van der Waals surface area contributed by atoms with Gasteiger partial charge in [-0.3, -0.25) is 0 Å². The van der Waals surface area contributed by atoms with Crippen LogP contribution in [-0.4, -0.2) is 12.1 Å². The van der Waals surface area contributed by atoms with Crippen LogP contribution in [0.4, 0.5) is 0 Å². The van der Waals surface area contributed by atoms with Gasteiger partial charge in [-0.15, -0.1) is 0 Å². The molecule has 0 unspecified atom stereocenters. The standard InChI is InChI=1S/C20H21N2OP/c21-22-20(23)16-24(17-10-4-1-5-11-17,18-12-6-2-7-13-18)19-14-8-3-9-15-19/h1-15,24H,16,21H2,(H,22,23). The van der Waals surface area contributed by atoms with E-state index in [0.717, 1.165) is 0 Å². The predicted octanol–water partition coefficient (Wildman–Crippen LogP) is 1.70. The van der Waals surface area contributed by atoms with Crippen LogP contribution in [0.1, 0.15) is 0 Å². The fraction of sp³-hybridized carbons (Fsp3) is 0.0500. The maximum absolute atomic E-state index is 12.3. The molecule has 0 fully saturated rings. The third-order valence-electron chi connectivity index (χ3n) is 4.39. The Bertz CT molecular complexity index is 695. The van der Waals surface area contributed by atoms with Crippen molar-refractivity contribution in [1.82, 2.24) is 5.43 Å². The minimum absolute atomic E-state index is 0.141. The molecule has 3 N–H and O–H groups in total. The van der Waals surface area contributed by atoms with Crippen molar-refractivity contribution in [3.63, 3.8) is 0 Å². The zero-order valence-corrected chi connectivity index (χ0v) is 14.4. The van der Waals surface area contributed by atoms with Crippen LogP contribution in [0, 0.1) is 0 Å². The van der Waals surface area contributed by atoms with Gasteiger partial charge in [-0.05, 0) is 0 Å². The normalized spacial score (nSPS) is 11.7. The van der Waals surface area contributed by atoms with Gasteiger partial charge in [-0.1, -0.05) is 0 Å². The predicted molar refractivity (Wildman–Crippen MR) is 104 cm³/mol. The Labute approximate surface area is 142 Å². The van der Waals surface area contributed by atoms with Crippen molar-refractivity contribution in [3.8, 4) is 0 Å². The molecular formula is C20H21N2OP. The quantitative estimate of drug-likeness (QED) is 0.322. The Kier molecular flexibility index (Phi) is 5.05. The van der Waals surface area contributed by atoms with E-state index in [4.69, 9.17) is 5.84 Å². The number of hydrogen-bond donors (Lipinski definition) is 2. The summed E-state index contributed by atoms with van der Waals surface area (Å²) in [5.74, 6) is 5.30. The molecule has 3 nitrogen and oxygen atoms in total. The van der Waals surface area contributed by atoms with Gasteiger partial charge in [-0.25, -0.2) is 0 Å². The van der Waals surface area contributed by atoms with E-state index in [1.54, 1.807) is 0 Å². The Hall–Kier alpha value is -2.48. The second-order valence-electron chi connectivity index (χ2n) is 5.75. The van der Waals surface area contributed by atoms with E-state index in [9.17, 15) is 4.79 Å². The molecule has 0 bridgehead atoms. The Morgan fingerprint density at radius 1 is 0.708 bits per heavy atom. The summed E-state index contributed by atoms with van der Waals surface area (Å²) in [5.41, 5.74) is 2.33. The number of carbonyl (C=O) groups is 1. The van der Waals surface area contributed by atoms with Crippen molar-refractivity contribution in [3.05, 3.63) is 91.0 Å². The summed E-state index contributed by atoms with van der Waals surface area (Å²) >= 11 is 0. The summed E-state index contributed by atoms with van der Waals surface area (Å²) in [6, 6.07) is 30.9. The van der Waals surface area contributed by atoms with Crippen LogP contribution in [0.15, 0.2) is 91.0 Å². The molecule has 0 aromatic heterocycles. The van der Waals surface area contributed by atoms with Gasteiger partial charge in [0.2, 0.25) is 0 Å². The van der Waals surface area contributed by atoms with Gasteiger partial charge in [-0.2, -0.15) is 0 Å². The zero-order chi connectivity index (χ0) is 16.8. The molecule has 1 amide bonds. The molecule has 122 valence electrons. The van der Waals surface area contributed by atoms with Crippen molar-refractivity contribution in [2.75, 3.05) is 6.16 Å². The summed E-state index contributed by atoms with van der Waals surface area (Å²) in [6.07, 6.45) is 0.377. The first kappa shape index (κ1) is 16.4. The van der Waals surface area contributed by atoms with Crippen LogP contribution in [0.2, 0.25) is 0 Å². The summed E-state index contributed by atoms with van der Waals surface area (Å²) < 4.78 is 0. The summed E-state index contributed by atoms with van der Waals surface area (Å²) in [6.45, 7) is 0. The Morgan fingerprint density at radius 2 is 1.04 bits per heavy atom. The fourth-order valence-electron chi connectivity index (χ4n) is 3.27. The number of hydrogen-bond acceptors (Lipinski definition) is 2. The topological polar surface area (TPSA) is 55.1 Å². The SMILES string of the molecule is NNC(=O)C[PH](c1ccccc1)(c1ccccc1)c1ccccc1. The number of hydrazine groups is 1. The van der Waals surface area contributed by atoms with Crippen LogP contribution in [0.3, 0.4) is 0 Å².